The number of halogens is 2. The second-order valence-corrected chi connectivity index (χ2v) is 7.33. The van der Waals surface area contributed by atoms with Gasteiger partial charge in [0.1, 0.15) is 0 Å². The standard InChI is InChI=1S/C20H18Cl2N2O2/c1-11(2)18(12-3-5-14(21)6-4-12)20(26)24-17-9-13-7-8-23-19(25)15(13)10-16(17)22/h3-11,18H,1-2H3,(H,23,25)(H,24,26). The largest absolute Gasteiger partial charge is 0.329 e. The second kappa shape index (κ2) is 7.52. The van der Waals surface area contributed by atoms with Crippen LogP contribution in [0, 0.1) is 5.92 Å². The van der Waals surface area contributed by atoms with Gasteiger partial charge >= 0.3 is 0 Å². The van der Waals surface area contributed by atoms with Gasteiger partial charge in [0.2, 0.25) is 5.91 Å². The van der Waals surface area contributed by atoms with E-state index in [1.165, 1.54) is 0 Å². The molecule has 3 rings (SSSR count). The maximum Gasteiger partial charge on any atom is 0.255 e. The molecule has 0 fully saturated rings. The van der Waals surface area contributed by atoms with Crippen molar-refractivity contribution < 1.29 is 4.79 Å². The summed E-state index contributed by atoms with van der Waals surface area (Å²) >= 11 is 12.2. The van der Waals surface area contributed by atoms with E-state index in [-0.39, 0.29) is 23.3 Å². The summed E-state index contributed by atoms with van der Waals surface area (Å²) in [6.45, 7) is 3.97. The number of hydrogen-bond acceptors (Lipinski definition) is 2. The summed E-state index contributed by atoms with van der Waals surface area (Å²) in [6, 6.07) is 12.3. The molecule has 0 bridgehead atoms. The second-order valence-electron chi connectivity index (χ2n) is 6.49. The Kier molecular flexibility index (Phi) is 5.35. The van der Waals surface area contributed by atoms with Gasteiger partial charge in [-0.1, -0.05) is 49.2 Å². The fraction of sp³-hybridized carbons (Fsp3) is 0.200. The lowest BCUT2D eigenvalue weighted by molar-refractivity contribution is -0.118. The highest BCUT2D eigenvalue weighted by Crippen LogP contribution is 2.31. The van der Waals surface area contributed by atoms with Gasteiger partial charge < -0.3 is 10.3 Å². The van der Waals surface area contributed by atoms with Crippen molar-refractivity contribution in [2.75, 3.05) is 5.32 Å². The molecule has 0 saturated carbocycles. The molecule has 2 N–H and O–H groups in total. The van der Waals surface area contributed by atoms with Crippen LogP contribution in [0.5, 0.6) is 0 Å². The third-order valence-electron chi connectivity index (χ3n) is 4.30. The Morgan fingerprint density at radius 2 is 1.77 bits per heavy atom. The molecule has 0 aliphatic heterocycles. The Balaban J connectivity index is 1.95. The molecule has 1 amide bonds. The first kappa shape index (κ1) is 18.5. The predicted molar refractivity (Wildman–Crippen MR) is 107 cm³/mol. The minimum absolute atomic E-state index is 0.0817. The highest BCUT2D eigenvalue weighted by atomic mass is 35.5. The number of rotatable bonds is 4. The molecule has 3 aromatic rings. The van der Waals surface area contributed by atoms with Crippen LogP contribution in [0.2, 0.25) is 10.0 Å². The normalized spacial score (nSPS) is 12.3. The number of carbonyl (C=O) groups is 1. The number of pyridine rings is 1. The van der Waals surface area contributed by atoms with Gasteiger partial charge in [-0.05, 0) is 47.2 Å². The van der Waals surface area contributed by atoms with Crippen molar-refractivity contribution >= 4 is 45.6 Å². The van der Waals surface area contributed by atoms with Gasteiger partial charge in [0, 0.05) is 16.6 Å². The fourth-order valence-corrected chi connectivity index (χ4v) is 3.36. The van der Waals surface area contributed by atoms with E-state index < -0.39 is 0 Å². The van der Waals surface area contributed by atoms with Crippen molar-refractivity contribution in [3.63, 3.8) is 0 Å². The average molecular weight is 389 g/mol. The van der Waals surface area contributed by atoms with Crippen LogP contribution >= 0.6 is 23.2 Å². The number of aromatic nitrogens is 1. The lowest BCUT2D eigenvalue weighted by Gasteiger charge is -2.21. The number of amides is 1. The summed E-state index contributed by atoms with van der Waals surface area (Å²) in [6.07, 6.45) is 1.56. The molecule has 4 nitrogen and oxygen atoms in total. The predicted octanol–water partition coefficient (Wildman–Crippen LogP) is 5.21. The minimum Gasteiger partial charge on any atom is -0.329 e. The van der Waals surface area contributed by atoms with Crippen LogP contribution in [0.25, 0.3) is 10.8 Å². The monoisotopic (exact) mass is 388 g/mol. The topological polar surface area (TPSA) is 62.0 Å². The summed E-state index contributed by atoms with van der Waals surface area (Å²) in [7, 11) is 0. The van der Waals surface area contributed by atoms with Gasteiger partial charge in [-0.2, -0.15) is 0 Å². The van der Waals surface area contributed by atoms with Gasteiger partial charge in [0.05, 0.1) is 16.6 Å². The number of anilines is 1. The van der Waals surface area contributed by atoms with Crippen LogP contribution in [-0.2, 0) is 4.79 Å². The van der Waals surface area contributed by atoms with Gasteiger partial charge in [0.15, 0.2) is 0 Å². The number of aromatic amines is 1. The molecule has 1 aromatic heterocycles. The van der Waals surface area contributed by atoms with E-state index in [1.807, 2.05) is 26.0 Å². The van der Waals surface area contributed by atoms with Crippen LogP contribution in [0.4, 0.5) is 5.69 Å². The maximum absolute atomic E-state index is 12.9. The maximum atomic E-state index is 12.9. The van der Waals surface area contributed by atoms with Crippen LogP contribution in [0.1, 0.15) is 25.3 Å². The first-order chi connectivity index (χ1) is 12.4. The Labute approximate surface area is 161 Å². The van der Waals surface area contributed by atoms with Crippen LogP contribution < -0.4 is 10.9 Å². The Bertz CT molecular complexity index is 1010. The van der Waals surface area contributed by atoms with Gasteiger partial charge in [0.25, 0.3) is 5.56 Å². The van der Waals surface area contributed by atoms with E-state index >= 15 is 0 Å². The number of benzene rings is 2. The third-order valence-corrected chi connectivity index (χ3v) is 4.86. The molecular weight excluding hydrogens is 371 g/mol. The quantitative estimate of drug-likeness (QED) is 0.643. The molecule has 0 saturated heterocycles. The van der Waals surface area contributed by atoms with Crippen LogP contribution in [-0.4, -0.2) is 10.9 Å². The van der Waals surface area contributed by atoms with Crippen molar-refractivity contribution in [2.24, 2.45) is 5.92 Å². The fourth-order valence-electron chi connectivity index (χ4n) is 3.02. The molecule has 0 radical (unpaired) electrons. The van der Waals surface area contributed by atoms with Crippen LogP contribution in [0.15, 0.2) is 53.5 Å². The molecule has 0 aliphatic carbocycles. The van der Waals surface area contributed by atoms with Gasteiger partial charge in [-0.15, -0.1) is 0 Å². The molecular formula is C20H18Cl2N2O2. The number of carbonyl (C=O) groups excluding carboxylic acids is 1. The first-order valence-electron chi connectivity index (χ1n) is 8.24. The number of hydrogen-bond donors (Lipinski definition) is 2. The van der Waals surface area contributed by atoms with Crippen molar-refractivity contribution in [1.82, 2.24) is 4.98 Å². The van der Waals surface area contributed by atoms with Crippen molar-refractivity contribution in [3.05, 3.63) is 74.6 Å². The lowest BCUT2D eigenvalue weighted by Crippen LogP contribution is -2.25. The Morgan fingerprint density at radius 3 is 2.42 bits per heavy atom. The number of nitrogens with one attached hydrogen (secondary N) is 2. The van der Waals surface area contributed by atoms with E-state index in [9.17, 15) is 9.59 Å². The average Bonchev–Trinajstić information content (AvgIpc) is 2.58. The lowest BCUT2D eigenvalue weighted by atomic mass is 9.87. The molecule has 1 atom stereocenters. The first-order valence-corrected chi connectivity index (χ1v) is 8.99. The molecule has 0 spiro atoms. The summed E-state index contributed by atoms with van der Waals surface area (Å²) in [5.41, 5.74) is 1.15. The van der Waals surface area contributed by atoms with E-state index in [0.29, 0.717) is 26.5 Å². The molecule has 0 aliphatic rings. The number of H-pyrrole nitrogens is 1. The van der Waals surface area contributed by atoms with Crippen molar-refractivity contribution in [1.29, 1.82) is 0 Å². The molecule has 134 valence electrons. The van der Waals surface area contributed by atoms with Crippen molar-refractivity contribution in [2.45, 2.75) is 19.8 Å². The smallest absolute Gasteiger partial charge is 0.255 e. The molecule has 26 heavy (non-hydrogen) atoms. The zero-order valence-corrected chi connectivity index (χ0v) is 15.9. The highest BCUT2D eigenvalue weighted by molar-refractivity contribution is 6.34. The van der Waals surface area contributed by atoms with Crippen LogP contribution in [0.3, 0.4) is 0 Å². The van der Waals surface area contributed by atoms with E-state index in [1.54, 1.807) is 36.5 Å². The summed E-state index contributed by atoms with van der Waals surface area (Å²) in [4.78, 5) is 27.4. The van der Waals surface area contributed by atoms with Crippen molar-refractivity contribution in [3.8, 4) is 0 Å². The molecule has 2 aromatic carbocycles. The van der Waals surface area contributed by atoms with E-state index in [0.717, 1.165) is 5.56 Å². The Morgan fingerprint density at radius 1 is 1.08 bits per heavy atom. The van der Waals surface area contributed by atoms with E-state index in [4.69, 9.17) is 23.2 Å². The van der Waals surface area contributed by atoms with Gasteiger partial charge in [-0.3, -0.25) is 9.59 Å². The molecule has 1 unspecified atom stereocenters. The summed E-state index contributed by atoms with van der Waals surface area (Å²) in [5.74, 6) is -0.426. The SMILES string of the molecule is CC(C)C(C(=O)Nc1cc2cc[nH]c(=O)c2cc1Cl)c1ccc(Cl)cc1. The zero-order chi connectivity index (χ0) is 18.8. The number of fused-ring (bicyclic) bond motifs is 1. The van der Waals surface area contributed by atoms with E-state index in [2.05, 4.69) is 10.3 Å². The third kappa shape index (κ3) is 3.76. The Hall–Kier alpha value is -2.30. The minimum atomic E-state index is -0.349. The zero-order valence-electron chi connectivity index (χ0n) is 14.3. The van der Waals surface area contributed by atoms with Gasteiger partial charge in [-0.25, -0.2) is 0 Å². The summed E-state index contributed by atoms with van der Waals surface area (Å²) < 4.78 is 0. The summed E-state index contributed by atoms with van der Waals surface area (Å²) in [5, 5.41) is 5.03. The molecule has 6 heteroatoms. The highest BCUT2D eigenvalue weighted by Gasteiger charge is 2.25. The molecule has 1 heterocycles.